The van der Waals surface area contributed by atoms with Crippen molar-refractivity contribution in [2.75, 3.05) is 6.61 Å². The molecule has 0 N–H and O–H groups in total. The number of halogens is 3. The number of aromatic nitrogens is 1. The molecule has 2 aromatic heterocycles. The van der Waals surface area contributed by atoms with Crippen LogP contribution in [-0.4, -0.2) is 23.1 Å². The van der Waals surface area contributed by atoms with Crippen molar-refractivity contribution in [3.63, 3.8) is 0 Å². The van der Waals surface area contributed by atoms with Gasteiger partial charge < -0.3 is 9.30 Å². The van der Waals surface area contributed by atoms with E-state index in [1.807, 2.05) is 0 Å². The summed E-state index contributed by atoms with van der Waals surface area (Å²) in [5.74, 6) is -2.73. The zero-order valence-electron chi connectivity index (χ0n) is 13.3. The molecule has 1 amide bonds. The van der Waals surface area contributed by atoms with Gasteiger partial charge in [-0.05, 0) is 41.1 Å². The first kappa shape index (κ1) is 18.9. The van der Waals surface area contributed by atoms with Crippen molar-refractivity contribution in [1.29, 1.82) is 0 Å². The molecule has 2 heterocycles. The Bertz CT molecular complexity index is 1070. The molecular formula is C16H11BrF2N2O3S2. The zero-order valence-corrected chi connectivity index (χ0v) is 16.5. The molecule has 0 spiro atoms. The van der Waals surface area contributed by atoms with Gasteiger partial charge in [-0.1, -0.05) is 11.3 Å². The van der Waals surface area contributed by atoms with Gasteiger partial charge in [-0.3, -0.25) is 9.59 Å². The van der Waals surface area contributed by atoms with Crippen LogP contribution in [0, 0.1) is 11.6 Å². The van der Waals surface area contributed by atoms with Crippen molar-refractivity contribution < 1.29 is 23.1 Å². The second-order valence-electron chi connectivity index (χ2n) is 5.03. The van der Waals surface area contributed by atoms with Crippen LogP contribution in [0.1, 0.15) is 16.6 Å². The smallest absolute Gasteiger partial charge is 0.326 e. The molecule has 10 heteroatoms. The standard InChI is InChI=1S/C16H11BrF2N2O3S2/c1-2-24-13(22)7-21-14-9(19)5-8(18)6-11(14)26-16(21)20-15(23)10-3-4-12(17)25-10/h3-6H,2,7H2,1H3. The minimum Gasteiger partial charge on any atom is -0.465 e. The fourth-order valence-corrected chi connectivity index (χ4v) is 4.61. The van der Waals surface area contributed by atoms with Gasteiger partial charge in [0.2, 0.25) is 0 Å². The van der Waals surface area contributed by atoms with Crippen LogP contribution in [0.25, 0.3) is 10.2 Å². The van der Waals surface area contributed by atoms with Crippen molar-refractivity contribution in [2.24, 2.45) is 4.99 Å². The molecule has 0 atom stereocenters. The molecule has 0 saturated carbocycles. The fraction of sp³-hybridized carbons (Fsp3) is 0.188. The number of carbonyl (C=O) groups is 2. The summed E-state index contributed by atoms with van der Waals surface area (Å²) >= 11 is 5.39. The molecule has 0 unspecified atom stereocenters. The van der Waals surface area contributed by atoms with Crippen LogP contribution < -0.4 is 4.80 Å². The van der Waals surface area contributed by atoms with Crippen LogP contribution in [0.4, 0.5) is 8.78 Å². The lowest BCUT2D eigenvalue weighted by molar-refractivity contribution is -0.143. The average molecular weight is 461 g/mol. The van der Waals surface area contributed by atoms with E-state index >= 15 is 0 Å². The minimum absolute atomic E-state index is 0.00311. The number of fused-ring (bicyclic) bond motifs is 1. The number of nitrogens with zero attached hydrogens (tertiary/aromatic N) is 2. The number of thiazole rings is 1. The highest BCUT2D eigenvalue weighted by atomic mass is 79.9. The van der Waals surface area contributed by atoms with Crippen LogP contribution in [0.5, 0.6) is 0 Å². The Morgan fingerprint density at radius 1 is 1.27 bits per heavy atom. The molecule has 0 aliphatic heterocycles. The van der Waals surface area contributed by atoms with E-state index in [0.717, 1.165) is 27.3 Å². The van der Waals surface area contributed by atoms with Gasteiger partial charge in [0.05, 0.1) is 25.5 Å². The van der Waals surface area contributed by atoms with Crippen LogP contribution in [-0.2, 0) is 16.1 Å². The number of amides is 1. The monoisotopic (exact) mass is 460 g/mol. The van der Waals surface area contributed by atoms with E-state index in [-0.39, 0.29) is 28.2 Å². The molecular weight excluding hydrogens is 450 g/mol. The van der Waals surface area contributed by atoms with E-state index in [9.17, 15) is 18.4 Å². The summed E-state index contributed by atoms with van der Waals surface area (Å²) < 4.78 is 34.9. The van der Waals surface area contributed by atoms with Gasteiger partial charge in [0.25, 0.3) is 5.91 Å². The largest absolute Gasteiger partial charge is 0.465 e. The predicted octanol–water partition coefficient (Wildman–Crippen LogP) is 4.11. The van der Waals surface area contributed by atoms with E-state index < -0.39 is 23.5 Å². The maximum absolute atomic E-state index is 14.3. The lowest BCUT2D eigenvalue weighted by Gasteiger charge is -2.05. The van der Waals surface area contributed by atoms with Gasteiger partial charge in [0.15, 0.2) is 10.6 Å². The molecule has 136 valence electrons. The second kappa shape index (κ2) is 7.77. The summed E-state index contributed by atoms with van der Waals surface area (Å²) in [4.78, 5) is 28.7. The number of hydrogen-bond acceptors (Lipinski definition) is 5. The molecule has 3 rings (SSSR count). The van der Waals surface area contributed by atoms with E-state index in [2.05, 4.69) is 20.9 Å². The molecule has 26 heavy (non-hydrogen) atoms. The van der Waals surface area contributed by atoms with Crippen molar-refractivity contribution >= 4 is 60.7 Å². The molecule has 1 aromatic carbocycles. The third-order valence-corrected chi connectivity index (χ3v) is 5.91. The summed E-state index contributed by atoms with van der Waals surface area (Å²) in [5, 5.41) is 0. The minimum atomic E-state index is -0.840. The lowest BCUT2D eigenvalue weighted by Crippen LogP contribution is -2.23. The first-order chi connectivity index (χ1) is 12.4. The van der Waals surface area contributed by atoms with Crippen LogP contribution in [0.2, 0.25) is 0 Å². The van der Waals surface area contributed by atoms with Crippen molar-refractivity contribution in [3.05, 3.63) is 49.4 Å². The molecule has 0 radical (unpaired) electrons. The SMILES string of the molecule is CCOC(=O)Cn1c(=NC(=O)c2ccc(Br)s2)sc2cc(F)cc(F)c21. The predicted molar refractivity (Wildman–Crippen MR) is 98.3 cm³/mol. The third kappa shape index (κ3) is 3.92. The van der Waals surface area contributed by atoms with Gasteiger partial charge in [-0.2, -0.15) is 4.99 Å². The summed E-state index contributed by atoms with van der Waals surface area (Å²) in [6.45, 7) is 1.47. The summed E-state index contributed by atoms with van der Waals surface area (Å²) in [6.07, 6.45) is 0. The molecule has 0 aliphatic carbocycles. The van der Waals surface area contributed by atoms with E-state index in [1.165, 1.54) is 15.9 Å². The quantitative estimate of drug-likeness (QED) is 0.550. The Morgan fingerprint density at radius 2 is 2.04 bits per heavy atom. The van der Waals surface area contributed by atoms with Crippen LogP contribution in [0.15, 0.2) is 33.0 Å². The Balaban J connectivity index is 2.16. The van der Waals surface area contributed by atoms with Gasteiger partial charge in [-0.15, -0.1) is 11.3 Å². The Labute approximate surface area is 162 Å². The van der Waals surface area contributed by atoms with Crippen molar-refractivity contribution in [3.8, 4) is 0 Å². The van der Waals surface area contributed by atoms with E-state index in [4.69, 9.17) is 4.74 Å². The summed E-state index contributed by atoms with van der Waals surface area (Å²) in [7, 11) is 0. The van der Waals surface area contributed by atoms with Gasteiger partial charge in [0, 0.05) is 6.07 Å². The first-order valence-corrected chi connectivity index (χ1v) is 9.80. The molecule has 3 aromatic rings. The lowest BCUT2D eigenvalue weighted by atomic mass is 10.3. The summed E-state index contributed by atoms with van der Waals surface area (Å²) in [5.41, 5.74) is 0.00311. The molecule has 0 fully saturated rings. The highest BCUT2D eigenvalue weighted by Crippen LogP contribution is 2.24. The third-order valence-electron chi connectivity index (χ3n) is 3.27. The van der Waals surface area contributed by atoms with Crippen LogP contribution in [0.3, 0.4) is 0 Å². The first-order valence-electron chi connectivity index (χ1n) is 7.37. The van der Waals surface area contributed by atoms with Gasteiger partial charge in [0.1, 0.15) is 12.4 Å². The molecule has 5 nitrogen and oxygen atoms in total. The van der Waals surface area contributed by atoms with E-state index in [1.54, 1.807) is 19.1 Å². The normalized spacial score (nSPS) is 11.9. The Morgan fingerprint density at radius 3 is 2.69 bits per heavy atom. The highest BCUT2D eigenvalue weighted by molar-refractivity contribution is 9.11. The number of thiophene rings is 1. The van der Waals surface area contributed by atoms with Gasteiger partial charge in [-0.25, -0.2) is 8.78 Å². The topological polar surface area (TPSA) is 60.7 Å². The number of ether oxygens (including phenoxy) is 1. The van der Waals surface area contributed by atoms with Gasteiger partial charge >= 0.3 is 5.97 Å². The number of carbonyl (C=O) groups excluding carboxylic acids is 2. The number of hydrogen-bond donors (Lipinski definition) is 0. The van der Waals surface area contributed by atoms with Crippen molar-refractivity contribution in [1.82, 2.24) is 4.57 Å². The van der Waals surface area contributed by atoms with Crippen LogP contribution >= 0.6 is 38.6 Å². The number of rotatable bonds is 4. The van der Waals surface area contributed by atoms with Crippen molar-refractivity contribution in [2.45, 2.75) is 13.5 Å². The molecule has 0 saturated heterocycles. The molecule has 0 aliphatic rings. The molecule has 0 bridgehead atoms. The number of esters is 1. The maximum Gasteiger partial charge on any atom is 0.326 e. The zero-order chi connectivity index (χ0) is 18.8. The van der Waals surface area contributed by atoms with E-state index in [0.29, 0.717) is 4.88 Å². The Hall–Kier alpha value is -1.91. The Kier molecular flexibility index (Phi) is 5.64. The fourth-order valence-electron chi connectivity index (χ4n) is 2.27. The maximum atomic E-state index is 14.3. The second-order valence-corrected chi connectivity index (χ2v) is 8.50. The summed E-state index contributed by atoms with van der Waals surface area (Å²) in [6, 6.07) is 5.17. The average Bonchev–Trinajstić information content (AvgIpc) is 3.12. The highest BCUT2D eigenvalue weighted by Gasteiger charge is 2.17. The number of benzene rings is 1.